The van der Waals surface area contributed by atoms with Gasteiger partial charge in [-0.2, -0.15) is 12.6 Å². The fraction of sp³-hybridized carbons (Fsp3) is 0.857. The van der Waals surface area contributed by atoms with Crippen LogP contribution in [-0.2, 0) is 4.79 Å². The van der Waals surface area contributed by atoms with Gasteiger partial charge in [-0.05, 0) is 19.1 Å². The van der Waals surface area contributed by atoms with Gasteiger partial charge >= 0.3 is 5.97 Å². The van der Waals surface area contributed by atoms with Crippen LogP contribution in [0.2, 0.25) is 0 Å². The van der Waals surface area contributed by atoms with Gasteiger partial charge in [-0.25, -0.2) is 0 Å². The monoisotopic (exact) mass is 207 g/mol. The molecule has 1 N–H and O–H groups in total. The molecule has 0 aliphatic heterocycles. The minimum absolute atomic E-state index is 0.407. The number of carboxylic acids is 1. The molecular weight excluding hydrogens is 194 g/mol. The van der Waals surface area contributed by atoms with E-state index in [1.54, 1.807) is 6.26 Å². The highest BCUT2D eigenvalue weighted by atomic mass is 32.1. The van der Waals surface area contributed by atoms with Crippen LogP contribution < -0.4 is 0 Å². The van der Waals surface area contributed by atoms with Gasteiger partial charge in [0.25, 0.3) is 0 Å². The molecular formula is C7H13NO4S. The second-order valence-electron chi connectivity index (χ2n) is 2.73. The highest BCUT2D eigenvalue weighted by Crippen LogP contribution is 2.27. The summed E-state index contributed by atoms with van der Waals surface area (Å²) in [6.45, 7) is 0. The Balaban J connectivity index is 0.000000671. The Labute approximate surface area is 81.7 Å². The third kappa shape index (κ3) is 3.22. The number of nitro groups is 1. The van der Waals surface area contributed by atoms with Crippen molar-refractivity contribution in [3.63, 3.8) is 0 Å². The number of hydrogen-bond acceptors (Lipinski definition) is 4. The quantitative estimate of drug-likeness (QED) is 0.403. The maximum absolute atomic E-state index is 10.4. The first kappa shape index (κ1) is 12.2. The Morgan fingerprint density at radius 1 is 1.54 bits per heavy atom. The molecule has 1 rings (SSSR count). The zero-order valence-electron chi connectivity index (χ0n) is 7.34. The Kier molecular flexibility index (Phi) is 5.45. The lowest BCUT2D eigenvalue weighted by Crippen LogP contribution is -2.29. The van der Waals surface area contributed by atoms with E-state index in [2.05, 4.69) is 12.6 Å². The molecule has 1 fully saturated rings. The Morgan fingerprint density at radius 3 is 2.38 bits per heavy atom. The molecule has 2 unspecified atom stereocenters. The van der Waals surface area contributed by atoms with Crippen LogP contribution in [0.4, 0.5) is 0 Å². The number of aliphatic carboxylic acids is 1. The number of rotatable bonds is 2. The van der Waals surface area contributed by atoms with E-state index in [4.69, 9.17) is 5.11 Å². The first-order valence-corrected chi connectivity index (χ1v) is 4.83. The van der Waals surface area contributed by atoms with Crippen molar-refractivity contribution in [3.05, 3.63) is 10.1 Å². The minimum atomic E-state index is -1.04. The standard InChI is InChI=1S/C6H9NO4.CH4S/c8-6(9)4-2-1-3-5(4)7(10)11;1-2/h4-5H,1-3H2,(H,8,9);2H,1H3. The van der Waals surface area contributed by atoms with Crippen LogP contribution in [0.15, 0.2) is 0 Å². The lowest BCUT2D eigenvalue weighted by molar-refractivity contribution is -0.526. The average Bonchev–Trinajstić information content (AvgIpc) is 2.55. The molecule has 0 heterocycles. The van der Waals surface area contributed by atoms with Gasteiger partial charge in [0.1, 0.15) is 5.92 Å². The molecule has 0 amide bonds. The molecule has 13 heavy (non-hydrogen) atoms. The van der Waals surface area contributed by atoms with Crippen LogP contribution in [0, 0.1) is 16.0 Å². The smallest absolute Gasteiger partial charge is 0.313 e. The average molecular weight is 207 g/mol. The van der Waals surface area contributed by atoms with Crippen LogP contribution in [0.25, 0.3) is 0 Å². The van der Waals surface area contributed by atoms with E-state index in [9.17, 15) is 14.9 Å². The summed E-state index contributed by atoms with van der Waals surface area (Å²) in [5, 5.41) is 18.8. The number of carbonyl (C=O) groups is 1. The summed E-state index contributed by atoms with van der Waals surface area (Å²) in [7, 11) is 0. The SMILES string of the molecule is CS.O=C(O)C1CCCC1[N+](=O)[O-]. The molecule has 76 valence electrons. The van der Waals surface area contributed by atoms with Crippen molar-refractivity contribution in [1.82, 2.24) is 0 Å². The molecule has 0 aromatic carbocycles. The van der Waals surface area contributed by atoms with Gasteiger partial charge in [-0.15, -0.1) is 0 Å². The summed E-state index contributed by atoms with van der Waals surface area (Å²) in [6.07, 6.45) is 3.20. The van der Waals surface area contributed by atoms with E-state index >= 15 is 0 Å². The van der Waals surface area contributed by atoms with Crippen molar-refractivity contribution in [2.75, 3.05) is 6.26 Å². The van der Waals surface area contributed by atoms with Crippen LogP contribution in [0.3, 0.4) is 0 Å². The Bertz CT molecular complexity index is 177. The Hall–Kier alpha value is -0.780. The molecule has 0 spiro atoms. The van der Waals surface area contributed by atoms with Gasteiger partial charge in [0.2, 0.25) is 6.04 Å². The fourth-order valence-corrected chi connectivity index (χ4v) is 1.48. The van der Waals surface area contributed by atoms with Gasteiger partial charge in [-0.1, -0.05) is 0 Å². The van der Waals surface area contributed by atoms with Crippen molar-refractivity contribution < 1.29 is 14.8 Å². The fourth-order valence-electron chi connectivity index (χ4n) is 1.48. The molecule has 0 aromatic heterocycles. The number of nitrogens with zero attached hydrogens (tertiary/aromatic N) is 1. The molecule has 0 radical (unpaired) electrons. The van der Waals surface area contributed by atoms with Crippen molar-refractivity contribution in [2.24, 2.45) is 5.92 Å². The summed E-state index contributed by atoms with van der Waals surface area (Å²) < 4.78 is 0. The van der Waals surface area contributed by atoms with Gasteiger partial charge in [-0.3, -0.25) is 14.9 Å². The van der Waals surface area contributed by atoms with E-state index in [0.717, 1.165) is 0 Å². The zero-order chi connectivity index (χ0) is 10.4. The van der Waals surface area contributed by atoms with E-state index < -0.39 is 22.9 Å². The number of thiol groups is 1. The van der Waals surface area contributed by atoms with Crippen molar-refractivity contribution in [2.45, 2.75) is 25.3 Å². The maximum atomic E-state index is 10.4. The third-order valence-corrected chi connectivity index (χ3v) is 2.07. The van der Waals surface area contributed by atoms with E-state index in [-0.39, 0.29) is 0 Å². The topological polar surface area (TPSA) is 80.4 Å². The molecule has 2 atom stereocenters. The molecule has 5 nitrogen and oxygen atoms in total. The molecule has 1 saturated carbocycles. The van der Waals surface area contributed by atoms with Crippen LogP contribution >= 0.6 is 12.6 Å². The maximum Gasteiger partial charge on any atom is 0.313 e. The van der Waals surface area contributed by atoms with Crippen molar-refractivity contribution in [3.8, 4) is 0 Å². The minimum Gasteiger partial charge on any atom is -0.481 e. The van der Waals surface area contributed by atoms with Crippen LogP contribution in [0.1, 0.15) is 19.3 Å². The van der Waals surface area contributed by atoms with E-state index in [1.165, 1.54) is 0 Å². The van der Waals surface area contributed by atoms with Gasteiger partial charge in [0.15, 0.2) is 0 Å². The molecule has 0 aromatic rings. The number of hydrogen-bond donors (Lipinski definition) is 2. The molecule has 0 saturated heterocycles. The van der Waals surface area contributed by atoms with Crippen molar-refractivity contribution >= 4 is 18.6 Å². The normalized spacial score (nSPS) is 26.0. The lowest BCUT2D eigenvalue weighted by atomic mass is 10.1. The summed E-state index contributed by atoms with van der Waals surface area (Å²) in [5.41, 5.74) is 0. The highest BCUT2D eigenvalue weighted by Gasteiger charge is 2.41. The van der Waals surface area contributed by atoms with Crippen LogP contribution in [0.5, 0.6) is 0 Å². The molecule has 6 heteroatoms. The second-order valence-corrected chi connectivity index (χ2v) is 2.73. The third-order valence-electron chi connectivity index (χ3n) is 2.07. The largest absolute Gasteiger partial charge is 0.481 e. The van der Waals surface area contributed by atoms with Gasteiger partial charge in [0, 0.05) is 11.3 Å². The predicted octanol–water partition coefficient (Wildman–Crippen LogP) is 1.06. The first-order chi connectivity index (χ1) is 6.13. The first-order valence-electron chi connectivity index (χ1n) is 3.94. The summed E-state index contributed by atoms with van der Waals surface area (Å²) in [4.78, 5) is 20.2. The van der Waals surface area contributed by atoms with E-state index in [0.29, 0.717) is 19.3 Å². The zero-order valence-corrected chi connectivity index (χ0v) is 8.24. The highest BCUT2D eigenvalue weighted by molar-refractivity contribution is 7.79. The summed E-state index contributed by atoms with van der Waals surface area (Å²) in [6, 6.07) is -0.854. The van der Waals surface area contributed by atoms with Gasteiger partial charge < -0.3 is 5.11 Å². The molecule has 0 bridgehead atoms. The number of carboxylic acid groups (broad SMARTS) is 1. The summed E-state index contributed by atoms with van der Waals surface area (Å²) in [5.74, 6) is -1.80. The van der Waals surface area contributed by atoms with Gasteiger partial charge in [0.05, 0.1) is 0 Å². The lowest BCUT2D eigenvalue weighted by Gasteiger charge is -2.06. The predicted molar refractivity (Wildman–Crippen MR) is 50.7 cm³/mol. The summed E-state index contributed by atoms with van der Waals surface area (Å²) >= 11 is 3.53. The molecule has 1 aliphatic carbocycles. The van der Waals surface area contributed by atoms with Crippen LogP contribution in [-0.4, -0.2) is 28.3 Å². The Morgan fingerprint density at radius 2 is 2.08 bits per heavy atom. The molecule has 1 aliphatic rings. The second kappa shape index (κ2) is 5.80. The van der Waals surface area contributed by atoms with E-state index in [1.807, 2.05) is 0 Å². The van der Waals surface area contributed by atoms with Crippen molar-refractivity contribution in [1.29, 1.82) is 0 Å².